The first-order valence-electron chi connectivity index (χ1n) is 10.3. The van der Waals surface area contributed by atoms with Crippen molar-refractivity contribution in [2.24, 2.45) is 0 Å². The normalized spacial score (nSPS) is 14.9. The summed E-state index contributed by atoms with van der Waals surface area (Å²) in [4.78, 5) is 26.3. The molecule has 1 aliphatic rings. The van der Waals surface area contributed by atoms with Crippen LogP contribution in [0.15, 0.2) is 47.5 Å². The molecule has 2 aromatic rings. The van der Waals surface area contributed by atoms with E-state index in [1.54, 1.807) is 37.5 Å². The van der Waals surface area contributed by atoms with E-state index in [1.807, 2.05) is 29.3 Å². The predicted octanol–water partition coefficient (Wildman–Crippen LogP) is 4.71. The SMILES string of the molecule is COc1ccc(C(=O)N/C(=C\c2cccs2)C(=O)NCCSC2CCCCC2)cc1. The number of carbonyl (C=O) groups excluding carboxylic acids is 2. The predicted molar refractivity (Wildman–Crippen MR) is 125 cm³/mol. The number of hydrogen-bond donors (Lipinski definition) is 2. The summed E-state index contributed by atoms with van der Waals surface area (Å²) < 4.78 is 5.13. The van der Waals surface area contributed by atoms with Gasteiger partial charge in [0.05, 0.1) is 7.11 Å². The Morgan fingerprint density at radius 1 is 1.17 bits per heavy atom. The number of amides is 2. The van der Waals surface area contributed by atoms with Gasteiger partial charge in [-0.1, -0.05) is 25.3 Å². The topological polar surface area (TPSA) is 67.4 Å². The van der Waals surface area contributed by atoms with E-state index in [4.69, 9.17) is 4.74 Å². The lowest BCUT2D eigenvalue weighted by molar-refractivity contribution is -0.117. The molecule has 0 bridgehead atoms. The number of thioether (sulfide) groups is 1. The van der Waals surface area contributed by atoms with E-state index in [0.717, 1.165) is 10.6 Å². The molecule has 2 N–H and O–H groups in total. The molecule has 1 fully saturated rings. The highest BCUT2D eigenvalue weighted by Crippen LogP contribution is 2.27. The van der Waals surface area contributed by atoms with Gasteiger partial charge in [-0.15, -0.1) is 11.3 Å². The second-order valence-electron chi connectivity index (χ2n) is 7.14. The number of thiophene rings is 1. The zero-order chi connectivity index (χ0) is 21.2. The molecule has 7 heteroatoms. The van der Waals surface area contributed by atoms with Gasteiger partial charge in [0.25, 0.3) is 11.8 Å². The molecule has 0 radical (unpaired) electrons. The minimum absolute atomic E-state index is 0.251. The van der Waals surface area contributed by atoms with Crippen LogP contribution < -0.4 is 15.4 Å². The molecule has 1 aromatic heterocycles. The van der Waals surface area contributed by atoms with Crippen LogP contribution in [0, 0.1) is 0 Å². The maximum Gasteiger partial charge on any atom is 0.267 e. The second-order valence-corrected chi connectivity index (χ2v) is 9.53. The maximum atomic E-state index is 12.8. The lowest BCUT2D eigenvalue weighted by atomic mass is 10.0. The van der Waals surface area contributed by atoms with Gasteiger partial charge >= 0.3 is 0 Å². The third kappa shape index (κ3) is 6.92. The minimum Gasteiger partial charge on any atom is -0.497 e. The Labute approximate surface area is 186 Å². The Bertz CT molecular complexity index is 842. The zero-order valence-corrected chi connectivity index (χ0v) is 18.8. The highest BCUT2D eigenvalue weighted by molar-refractivity contribution is 7.99. The third-order valence-electron chi connectivity index (χ3n) is 4.97. The molecular formula is C23H28N2O3S2. The van der Waals surface area contributed by atoms with Crippen molar-refractivity contribution in [2.75, 3.05) is 19.4 Å². The van der Waals surface area contributed by atoms with Crippen LogP contribution in [0.1, 0.15) is 47.3 Å². The van der Waals surface area contributed by atoms with Crippen molar-refractivity contribution >= 4 is 41.0 Å². The van der Waals surface area contributed by atoms with Crippen LogP contribution in [0.4, 0.5) is 0 Å². The van der Waals surface area contributed by atoms with Crippen molar-refractivity contribution in [1.82, 2.24) is 10.6 Å². The van der Waals surface area contributed by atoms with Gasteiger partial charge in [-0.2, -0.15) is 11.8 Å². The van der Waals surface area contributed by atoms with E-state index in [9.17, 15) is 9.59 Å². The Hall–Kier alpha value is -2.25. The summed E-state index contributed by atoms with van der Waals surface area (Å²) in [5, 5.41) is 8.37. The van der Waals surface area contributed by atoms with Crippen molar-refractivity contribution in [3.05, 3.63) is 57.9 Å². The number of nitrogens with one attached hydrogen (secondary N) is 2. The van der Waals surface area contributed by atoms with Crippen LogP contribution in [0.2, 0.25) is 0 Å². The number of ether oxygens (including phenoxy) is 1. The van der Waals surface area contributed by atoms with Gasteiger partial charge in [-0.3, -0.25) is 9.59 Å². The van der Waals surface area contributed by atoms with Gasteiger partial charge in [0.15, 0.2) is 0 Å². The fourth-order valence-electron chi connectivity index (χ4n) is 3.33. The third-order valence-corrected chi connectivity index (χ3v) is 7.17. The quantitative estimate of drug-likeness (QED) is 0.434. The van der Waals surface area contributed by atoms with Crippen LogP contribution in [-0.2, 0) is 4.79 Å². The smallest absolute Gasteiger partial charge is 0.267 e. The summed E-state index contributed by atoms with van der Waals surface area (Å²) in [5.41, 5.74) is 0.717. The van der Waals surface area contributed by atoms with Crippen molar-refractivity contribution in [3.8, 4) is 5.75 Å². The summed E-state index contributed by atoms with van der Waals surface area (Å²) in [7, 11) is 1.58. The first-order valence-corrected chi connectivity index (χ1v) is 12.2. The fourth-order valence-corrected chi connectivity index (χ4v) is 5.21. The Kier molecular flexibility index (Phi) is 8.83. The van der Waals surface area contributed by atoms with Gasteiger partial charge in [-0.25, -0.2) is 0 Å². The standard InChI is InChI=1S/C23H28N2O3S2/c1-28-18-11-9-17(10-12-18)22(26)25-21(16-20-8-5-14-29-20)23(27)24-13-15-30-19-6-3-2-4-7-19/h5,8-12,14,16,19H,2-4,6-7,13,15H2,1H3,(H,24,27)(H,25,26)/b21-16-. The molecule has 160 valence electrons. The molecule has 1 aromatic carbocycles. The molecular weight excluding hydrogens is 416 g/mol. The number of hydrogen-bond acceptors (Lipinski definition) is 5. The van der Waals surface area contributed by atoms with E-state index in [2.05, 4.69) is 10.6 Å². The average Bonchev–Trinajstić information content (AvgIpc) is 3.30. The second kappa shape index (κ2) is 11.8. The molecule has 1 aliphatic carbocycles. The number of methoxy groups -OCH3 is 1. The molecule has 0 spiro atoms. The Morgan fingerprint density at radius 3 is 2.60 bits per heavy atom. The van der Waals surface area contributed by atoms with Crippen LogP contribution in [0.5, 0.6) is 5.75 Å². The first kappa shape index (κ1) is 22.4. The van der Waals surface area contributed by atoms with Crippen LogP contribution in [0.25, 0.3) is 6.08 Å². The largest absolute Gasteiger partial charge is 0.497 e. The van der Waals surface area contributed by atoms with Crippen molar-refractivity contribution in [2.45, 2.75) is 37.4 Å². The number of benzene rings is 1. The lowest BCUT2D eigenvalue weighted by Gasteiger charge is -2.21. The van der Waals surface area contributed by atoms with Gasteiger partial charge in [0, 0.05) is 28.0 Å². The summed E-state index contributed by atoms with van der Waals surface area (Å²) in [5.74, 6) is 0.963. The van der Waals surface area contributed by atoms with Gasteiger partial charge in [-0.05, 0) is 54.6 Å². The molecule has 0 atom stereocenters. The highest BCUT2D eigenvalue weighted by Gasteiger charge is 2.16. The first-order chi connectivity index (χ1) is 14.7. The summed E-state index contributed by atoms with van der Waals surface area (Å²) in [6.45, 7) is 0.584. The van der Waals surface area contributed by atoms with E-state index in [0.29, 0.717) is 23.1 Å². The summed E-state index contributed by atoms with van der Waals surface area (Å²) in [6, 6.07) is 10.6. The van der Waals surface area contributed by atoms with E-state index >= 15 is 0 Å². The number of rotatable bonds is 9. The van der Waals surface area contributed by atoms with Crippen LogP contribution in [-0.4, -0.2) is 36.5 Å². The molecule has 2 amide bonds. The van der Waals surface area contributed by atoms with Crippen molar-refractivity contribution in [1.29, 1.82) is 0 Å². The highest BCUT2D eigenvalue weighted by atomic mass is 32.2. The van der Waals surface area contributed by atoms with Crippen molar-refractivity contribution in [3.63, 3.8) is 0 Å². The van der Waals surface area contributed by atoms with Gasteiger partial charge in [0.1, 0.15) is 11.4 Å². The Morgan fingerprint density at radius 2 is 1.93 bits per heavy atom. The van der Waals surface area contributed by atoms with E-state index in [1.165, 1.54) is 43.4 Å². The van der Waals surface area contributed by atoms with E-state index in [-0.39, 0.29) is 17.5 Å². The van der Waals surface area contributed by atoms with Crippen LogP contribution >= 0.6 is 23.1 Å². The minimum atomic E-state index is -0.327. The molecule has 5 nitrogen and oxygen atoms in total. The molecule has 1 saturated carbocycles. The lowest BCUT2D eigenvalue weighted by Crippen LogP contribution is -2.36. The summed E-state index contributed by atoms with van der Waals surface area (Å²) >= 11 is 3.45. The molecule has 0 aliphatic heterocycles. The average molecular weight is 445 g/mol. The van der Waals surface area contributed by atoms with E-state index < -0.39 is 0 Å². The van der Waals surface area contributed by atoms with Gasteiger partial charge in [0.2, 0.25) is 0 Å². The molecule has 30 heavy (non-hydrogen) atoms. The van der Waals surface area contributed by atoms with Gasteiger partial charge < -0.3 is 15.4 Å². The monoisotopic (exact) mass is 444 g/mol. The Balaban J connectivity index is 1.58. The zero-order valence-electron chi connectivity index (χ0n) is 17.2. The molecule has 1 heterocycles. The van der Waals surface area contributed by atoms with Crippen molar-refractivity contribution < 1.29 is 14.3 Å². The maximum absolute atomic E-state index is 12.8. The fraction of sp³-hybridized carbons (Fsp3) is 0.391. The molecule has 0 saturated heterocycles. The summed E-state index contributed by atoms with van der Waals surface area (Å²) in [6.07, 6.45) is 8.25. The number of carbonyl (C=O) groups is 2. The molecule has 3 rings (SSSR count). The van der Waals surface area contributed by atoms with Crippen LogP contribution in [0.3, 0.4) is 0 Å². The molecule has 0 unspecified atom stereocenters.